The Hall–Kier alpha value is -0.690. The first kappa shape index (κ1) is 13.7. The zero-order valence-corrected chi connectivity index (χ0v) is 11.8. The minimum absolute atomic E-state index is 0.0588. The van der Waals surface area contributed by atoms with Gasteiger partial charge in [0.1, 0.15) is 4.38 Å². The van der Waals surface area contributed by atoms with Gasteiger partial charge in [0.2, 0.25) is 11.8 Å². The van der Waals surface area contributed by atoms with Gasteiger partial charge in [0.05, 0.1) is 12.3 Å². The largest absolute Gasteiger partial charge is 0.369 e. The van der Waals surface area contributed by atoms with Crippen molar-refractivity contribution in [1.29, 1.82) is 0 Å². The molecule has 18 heavy (non-hydrogen) atoms. The Morgan fingerprint density at radius 2 is 2.17 bits per heavy atom. The number of piperidine rings is 1. The summed E-state index contributed by atoms with van der Waals surface area (Å²) in [6.07, 6.45) is 1.39. The maximum atomic E-state index is 12.0. The van der Waals surface area contributed by atoms with E-state index < -0.39 is 0 Å². The predicted octanol–water partition coefficient (Wildman–Crippen LogP) is 0.546. The zero-order chi connectivity index (χ0) is 13.0. The second-order valence-electron chi connectivity index (χ2n) is 4.34. The summed E-state index contributed by atoms with van der Waals surface area (Å²) in [5.74, 6) is 1.32. The van der Waals surface area contributed by atoms with Gasteiger partial charge >= 0.3 is 0 Å². The van der Waals surface area contributed by atoms with Crippen LogP contribution in [0.4, 0.5) is 0 Å². The maximum Gasteiger partial charge on any atom is 0.233 e. The first-order valence-corrected chi connectivity index (χ1v) is 8.01. The summed E-state index contributed by atoms with van der Waals surface area (Å²) in [5, 5.41) is 0. The lowest BCUT2D eigenvalue weighted by molar-refractivity contribution is -0.132. The minimum atomic E-state index is -0.242. The van der Waals surface area contributed by atoms with Gasteiger partial charge in [-0.05, 0) is 12.8 Å². The van der Waals surface area contributed by atoms with Gasteiger partial charge in [0.25, 0.3) is 0 Å². The molecule has 2 N–H and O–H groups in total. The summed E-state index contributed by atoms with van der Waals surface area (Å²) in [6, 6.07) is 0. The average molecular weight is 287 g/mol. The Labute approximate surface area is 115 Å². The fourth-order valence-electron chi connectivity index (χ4n) is 2.03. The van der Waals surface area contributed by atoms with Gasteiger partial charge in [0, 0.05) is 24.8 Å². The lowest BCUT2D eigenvalue weighted by Gasteiger charge is -2.30. The molecule has 0 aromatic heterocycles. The van der Waals surface area contributed by atoms with Crippen molar-refractivity contribution in [2.45, 2.75) is 12.8 Å². The Balaban J connectivity index is 1.72. The van der Waals surface area contributed by atoms with Crippen molar-refractivity contribution in [2.24, 2.45) is 16.6 Å². The molecule has 0 aromatic rings. The van der Waals surface area contributed by atoms with Crippen molar-refractivity contribution in [3.05, 3.63) is 0 Å². The molecule has 2 aliphatic rings. The Morgan fingerprint density at radius 1 is 1.44 bits per heavy atom. The lowest BCUT2D eigenvalue weighted by atomic mass is 9.96. The number of aliphatic imine (C=N–C) groups is 1. The van der Waals surface area contributed by atoms with Gasteiger partial charge in [0.15, 0.2) is 0 Å². The molecule has 7 heteroatoms. The van der Waals surface area contributed by atoms with Crippen molar-refractivity contribution < 1.29 is 9.59 Å². The van der Waals surface area contributed by atoms with E-state index in [1.54, 1.807) is 11.8 Å². The number of rotatable bonds is 3. The Bertz CT molecular complexity index is 365. The monoisotopic (exact) mass is 287 g/mol. The molecule has 0 radical (unpaired) electrons. The number of likely N-dealkylation sites (tertiary alicyclic amines) is 1. The van der Waals surface area contributed by atoms with Crippen molar-refractivity contribution in [3.63, 3.8) is 0 Å². The summed E-state index contributed by atoms with van der Waals surface area (Å²) in [5.41, 5.74) is 5.27. The van der Waals surface area contributed by atoms with Crippen LogP contribution in [0.2, 0.25) is 0 Å². The molecule has 1 fully saturated rings. The van der Waals surface area contributed by atoms with E-state index >= 15 is 0 Å². The molecule has 2 heterocycles. The number of hydrogen-bond donors (Lipinski definition) is 1. The highest BCUT2D eigenvalue weighted by atomic mass is 32.2. The van der Waals surface area contributed by atoms with E-state index in [9.17, 15) is 9.59 Å². The molecule has 0 atom stereocenters. The van der Waals surface area contributed by atoms with Gasteiger partial charge in [-0.25, -0.2) is 0 Å². The summed E-state index contributed by atoms with van der Waals surface area (Å²) < 4.78 is 1.02. The van der Waals surface area contributed by atoms with Gasteiger partial charge < -0.3 is 10.6 Å². The van der Waals surface area contributed by atoms with Crippen LogP contribution in [0.5, 0.6) is 0 Å². The van der Waals surface area contributed by atoms with Crippen molar-refractivity contribution in [2.75, 3.05) is 31.1 Å². The van der Waals surface area contributed by atoms with Gasteiger partial charge in [-0.3, -0.25) is 14.6 Å². The first-order chi connectivity index (χ1) is 8.66. The lowest BCUT2D eigenvalue weighted by Crippen LogP contribution is -2.42. The molecule has 0 bridgehead atoms. The third-order valence-electron chi connectivity index (χ3n) is 3.13. The standard InChI is InChI=1S/C11H17N3O2S2/c12-10(16)8-1-4-14(5-2-8)9(15)7-18-11-13-3-6-17-11/h8H,1-7H2,(H2,12,16). The number of nitrogens with zero attached hydrogens (tertiary/aromatic N) is 2. The molecule has 0 saturated carbocycles. The fourth-order valence-corrected chi connectivity index (χ4v) is 3.94. The Kier molecular flexibility index (Phi) is 4.94. The summed E-state index contributed by atoms with van der Waals surface area (Å²) in [6.45, 7) is 2.16. The molecule has 100 valence electrons. The highest BCUT2D eigenvalue weighted by Gasteiger charge is 2.26. The number of hydrogen-bond acceptors (Lipinski definition) is 5. The summed E-state index contributed by atoms with van der Waals surface area (Å²) >= 11 is 3.24. The van der Waals surface area contributed by atoms with Crippen LogP contribution in [0, 0.1) is 5.92 Å². The van der Waals surface area contributed by atoms with Crippen LogP contribution in [0.3, 0.4) is 0 Å². The number of amides is 2. The van der Waals surface area contributed by atoms with Crippen molar-refractivity contribution in [3.8, 4) is 0 Å². The summed E-state index contributed by atoms with van der Waals surface area (Å²) in [4.78, 5) is 29.1. The topological polar surface area (TPSA) is 75.8 Å². The maximum absolute atomic E-state index is 12.0. The predicted molar refractivity (Wildman–Crippen MR) is 75.7 cm³/mol. The minimum Gasteiger partial charge on any atom is -0.369 e. The number of carbonyl (C=O) groups excluding carboxylic acids is 2. The summed E-state index contributed by atoms with van der Waals surface area (Å²) in [7, 11) is 0. The highest BCUT2D eigenvalue weighted by Crippen LogP contribution is 2.23. The second kappa shape index (κ2) is 6.47. The van der Waals surface area contributed by atoms with E-state index in [4.69, 9.17) is 5.73 Å². The number of carbonyl (C=O) groups is 2. The van der Waals surface area contributed by atoms with E-state index in [2.05, 4.69) is 4.99 Å². The van der Waals surface area contributed by atoms with E-state index in [0.717, 1.165) is 16.7 Å². The van der Waals surface area contributed by atoms with Gasteiger partial charge in [-0.2, -0.15) is 0 Å². The molecular weight excluding hydrogens is 270 g/mol. The third kappa shape index (κ3) is 3.65. The van der Waals surface area contributed by atoms with Crippen LogP contribution < -0.4 is 5.73 Å². The van der Waals surface area contributed by atoms with Crippen LogP contribution >= 0.6 is 23.5 Å². The molecule has 2 amide bonds. The first-order valence-electron chi connectivity index (χ1n) is 6.04. The molecular formula is C11H17N3O2S2. The van der Waals surface area contributed by atoms with Crippen LogP contribution in [0.1, 0.15) is 12.8 Å². The molecule has 1 saturated heterocycles. The zero-order valence-electron chi connectivity index (χ0n) is 10.1. The molecule has 0 unspecified atom stereocenters. The number of primary amides is 1. The molecule has 0 spiro atoms. The Morgan fingerprint density at radius 3 is 2.72 bits per heavy atom. The van der Waals surface area contributed by atoms with Crippen LogP contribution in [-0.2, 0) is 9.59 Å². The average Bonchev–Trinajstić information content (AvgIpc) is 2.89. The highest BCUT2D eigenvalue weighted by molar-refractivity contribution is 8.39. The SMILES string of the molecule is NC(=O)C1CCN(C(=O)CSC2=NCCS2)CC1. The van der Waals surface area contributed by atoms with Crippen LogP contribution in [0.25, 0.3) is 0 Å². The number of thioether (sulfide) groups is 2. The third-order valence-corrected chi connectivity index (χ3v) is 5.36. The van der Waals surface area contributed by atoms with E-state index in [0.29, 0.717) is 31.7 Å². The van der Waals surface area contributed by atoms with Gasteiger partial charge in [-0.1, -0.05) is 23.5 Å². The quantitative estimate of drug-likeness (QED) is 0.822. The van der Waals surface area contributed by atoms with E-state index in [1.807, 2.05) is 4.90 Å². The normalized spacial score (nSPS) is 20.9. The molecule has 5 nitrogen and oxygen atoms in total. The smallest absolute Gasteiger partial charge is 0.233 e. The molecule has 0 aromatic carbocycles. The number of nitrogens with two attached hydrogens (primary N) is 1. The molecule has 0 aliphatic carbocycles. The second-order valence-corrected chi connectivity index (χ2v) is 6.65. The van der Waals surface area contributed by atoms with E-state index in [-0.39, 0.29) is 17.7 Å². The van der Waals surface area contributed by atoms with E-state index in [1.165, 1.54) is 11.8 Å². The van der Waals surface area contributed by atoms with Crippen molar-refractivity contribution in [1.82, 2.24) is 4.90 Å². The molecule has 2 aliphatic heterocycles. The van der Waals surface area contributed by atoms with Crippen LogP contribution in [-0.4, -0.2) is 52.2 Å². The van der Waals surface area contributed by atoms with Crippen LogP contribution in [0.15, 0.2) is 4.99 Å². The van der Waals surface area contributed by atoms with Gasteiger partial charge in [-0.15, -0.1) is 0 Å². The van der Waals surface area contributed by atoms with Crippen molar-refractivity contribution >= 4 is 39.7 Å². The fraction of sp³-hybridized carbons (Fsp3) is 0.727. The molecule has 2 rings (SSSR count).